The molecule has 2 amide bonds. The van der Waals surface area contributed by atoms with E-state index in [-0.39, 0.29) is 35.6 Å². The Hall–Kier alpha value is -2.42. The van der Waals surface area contributed by atoms with Crippen LogP contribution in [0, 0.1) is 5.92 Å². The van der Waals surface area contributed by atoms with E-state index in [1.807, 2.05) is 0 Å². The highest BCUT2D eigenvalue weighted by Gasteiger charge is 2.27. The van der Waals surface area contributed by atoms with Crippen LogP contribution in [0.4, 0.5) is 11.8 Å². The van der Waals surface area contributed by atoms with Crippen molar-refractivity contribution < 1.29 is 14.7 Å². The van der Waals surface area contributed by atoms with Gasteiger partial charge in [-0.3, -0.25) is 9.59 Å². The van der Waals surface area contributed by atoms with E-state index in [1.54, 1.807) is 7.05 Å². The average Bonchev–Trinajstić information content (AvgIpc) is 2.68. The van der Waals surface area contributed by atoms with Crippen molar-refractivity contribution >= 4 is 23.6 Å². The standard InChI is InChI=1S/C19H30N6O3/c1-21-18(28)11-5-7-12(8-6-11)24-19-22-10-15(16(20)27)17(25-19)23-13-3-2-4-14(26)9-13/h10-14,26H,2-9H2,1H3,(H2,20,27)(H,21,28)(H2,22,23,24,25). The van der Waals surface area contributed by atoms with Crippen LogP contribution in [0.2, 0.25) is 0 Å². The van der Waals surface area contributed by atoms with Gasteiger partial charge in [-0.1, -0.05) is 0 Å². The maximum atomic E-state index is 11.8. The molecule has 28 heavy (non-hydrogen) atoms. The van der Waals surface area contributed by atoms with Crippen molar-refractivity contribution in [1.82, 2.24) is 15.3 Å². The number of carbonyl (C=O) groups is 2. The number of nitrogens with one attached hydrogen (secondary N) is 3. The quantitative estimate of drug-likeness (QED) is 0.488. The molecule has 1 heterocycles. The van der Waals surface area contributed by atoms with Gasteiger partial charge in [0.25, 0.3) is 5.91 Å². The van der Waals surface area contributed by atoms with E-state index in [2.05, 4.69) is 25.9 Å². The first-order valence-corrected chi connectivity index (χ1v) is 10.1. The Morgan fingerprint density at radius 3 is 2.50 bits per heavy atom. The molecule has 9 nitrogen and oxygen atoms in total. The predicted molar refractivity (Wildman–Crippen MR) is 106 cm³/mol. The number of anilines is 2. The smallest absolute Gasteiger partial charge is 0.254 e. The lowest BCUT2D eigenvalue weighted by atomic mass is 9.85. The number of aromatic nitrogens is 2. The lowest BCUT2D eigenvalue weighted by Gasteiger charge is -2.29. The molecule has 3 rings (SSSR count). The molecule has 154 valence electrons. The summed E-state index contributed by atoms with van der Waals surface area (Å²) in [5, 5.41) is 19.2. The summed E-state index contributed by atoms with van der Waals surface area (Å²) in [7, 11) is 1.67. The van der Waals surface area contributed by atoms with Gasteiger partial charge in [0.15, 0.2) is 0 Å². The van der Waals surface area contributed by atoms with Crippen LogP contribution in [-0.2, 0) is 4.79 Å². The second-order valence-corrected chi connectivity index (χ2v) is 7.79. The largest absolute Gasteiger partial charge is 0.393 e. The minimum absolute atomic E-state index is 0.0487. The second-order valence-electron chi connectivity index (χ2n) is 7.79. The van der Waals surface area contributed by atoms with Crippen LogP contribution < -0.4 is 21.7 Å². The first-order valence-electron chi connectivity index (χ1n) is 10.1. The predicted octanol–water partition coefficient (Wildman–Crippen LogP) is 1.01. The first kappa shape index (κ1) is 20.3. The third-order valence-electron chi connectivity index (χ3n) is 5.72. The van der Waals surface area contributed by atoms with E-state index < -0.39 is 5.91 Å². The molecule has 9 heteroatoms. The van der Waals surface area contributed by atoms with E-state index >= 15 is 0 Å². The highest BCUT2D eigenvalue weighted by Crippen LogP contribution is 2.27. The maximum Gasteiger partial charge on any atom is 0.254 e. The SMILES string of the molecule is CNC(=O)C1CCC(Nc2ncc(C(N)=O)c(NC3CCCC(O)C3)n2)CC1. The summed E-state index contributed by atoms with van der Waals surface area (Å²) in [4.78, 5) is 32.2. The third-order valence-corrected chi connectivity index (χ3v) is 5.72. The van der Waals surface area contributed by atoms with Crippen LogP contribution in [0.3, 0.4) is 0 Å². The summed E-state index contributed by atoms with van der Waals surface area (Å²) >= 11 is 0. The van der Waals surface area contributed by atoms with Crippen molar-refractivity contribution in [3.8, 4) is 0 Å². The molecule has 0 spiro atoms. The average molecular weight is 390 g/mol. The fourth-order valence-electron chi connectivity index (χ4n) is 4.12. The minimum atomic E-state index is -0.587. The molecule has 2 saturated carbocycles. The van der Waals surface area contributed by atoms with Gasteiger partial charge in [0.05, 0.1) is 11.7 Å². The lowest BCUT2D eigenvalue weighted by molar-refractivity contribution is -0.125. The normalized spacial score (nSPS) is 27.6. The molecular weight excluding hydrogens is 360 g/mol. The van der Waals surface area contributed by atoms with Gasteiger partial charge in [0, 0.05) is 31.2 Å². The molecule has 6 N–H and O–H groups in total. The second kappa shape index (κ2) is 9.18. The van der Waals surface area contributed by atoms with E-state index in [0.29, 0.717) is 18.2 Å². The maximum absolute atomic E-state index is 11.8. The Balaban J connectivity index is 1.65. The minimum Gasteiger partial charge on any atom is -0.393 e. The zero-order valence-electron chi connectivity index (χ0n) is 16.3. The van der Waals surface area contributed by atoms with Crippen molar-refractivity contribution in [3.63, 3.8) is 0 Å². The first-order chi connectivity index (χ1) is 13.5. The Bertz CT molecular complexity index is 705. The van der Waals surface area contributed by atoms with Crippen molar-refractivity contribution in [2.45, 2.75) is 69.6 Å². The number of primary amides is 1. The molecule has 2 aliphatic carbocycles. The molecule has 1 aromatic heterocycles. The highest BCUT2D eigenvalue weighted by atomic mass is 16.3. The van der Waals surface area contributed by atoms with Gasteiger partial charge in [-0.2, -0.15) is 4.98 Å². The number of amides is 2. The molecule has 2 unspecified atom stereocenters. The fraction of sp³-hybridized carbons (Fsp3) is 0.684. The fourth-order valence-corrected chi connectivity index (χ4v) is 4.12. The summed E-state index contributed by atoms with van der Waals surface area (Å²) in [5.41, 5.74) is 5.72. The summed E-state index contributed by atoms with van der Waals surface area (Å²) in [6, 6.07) is 0.234. The number of nitrogens with two attached hydrogens (primary N) is 1. The van der Waals surface area contributed by atoms with Gasteiger partial charge >= 0.3 is 0 Å². The van der Waals surface area contributed by atoms with E-state index in [4.69, 9.17) is 5.73 Å². The molecule has 0 radical (unpaired) electrons. The Morgan fingerprint density at radius 1 is 1.11 bits per heavy atom. The van der Waals surface area contributed by atoms with Crippen LogP contribution in [0.5, 0.6) is 0 Å². The number of aliphatic hydroxyl groups is 1. The number of hydrogen-bond acceptors (Lipinski definition) is 7. The summed E-state index contributed by atoms with van der Waals surface area (Å²) in [6.45, 7) is 0. The highest BCUT2D eigenvalue weighted by molar-refractivity contribution is 5.97. The number of aliphatic hydroxyl groups excluding tert-OH is 1. The van der Waals surface area contributed by atoms with Crippen molar-refractivity contribution in [3.05, 3.63) is 11.8 Å². The van der Waals surface area contributed by atoms with E-state index in [1.165, 1.54) is 6.20 Å². The monoisotopic (exact) mass is 390 g/mol. The van der Waals surface area contributed by atoms with Gasteiger partial charge in [-0.15, -0.1) is 0 Å². The van der Waals surface area contributed by atoms with E-state index in [9.17, 15) is 14.7 Å². The van der Waals surface area contributed by atoms with Crippen LogP contribution in [-0.4, -0.2) is 52.1 Å². The summed E-state index contributed by atoms with van der Waals surface area (Å²) in [6.07, 6.45) is 7.72. The molecular formula is C19H30N6O3. The number of nitrogens with zero attached hydrogens (tertiary/aromatic N) is 2. The van der Waals surface area contributed by atoms with Crippen LogP contribution in [0.25, 0.3) is 0 Å². The zero-order valence-corrected chi connectivity index (χ0v) is 16.3. The van der Waals surface area contributed by atoms with Gasteiger partial charge in [0.2, 0.25) is 11.9 Å². The lowest BCUT2D eigenvalue weighted by Crippen LogP contribution is -2.34. The summed E-state index contributed by atoms with van der Waals surface area (Å²) < 4.78 is 0. The Labute approximate surface area is 164 Å². The van der Waals surface area contributed by atoms with Gasteiger partial charge < -0.3 is 26.8 Å². The molecule has 2 aliphatic rings. The molecule has 0 bridgehead atoms. The molecule has 2 fully saturated rings. The Morgan fingerprint density at radius 2 is 1.86 bits per heavy atom. The Kier molecular flexibility index (Phi) is 6.66. The van der Waals surface area contributed by atoms with Gasteiger partial charge in [0.1, 0.15) is 5.82 Å². The third kappa shape index (κ3) is 5.09. The molecule has 1 aromatic rings. The van der Waals surface area contributed by atoms with Crippen LogP contribution in [0.15, 0.2) is 6.20 Å². The van der Waals surface area contributed by atoms with Crippen LogP contribution in [0.1, 0.15) is 61.7 Å². The zero-order chi connectivity index (χ0) is 20.1. The number of carbonyl (C=O) groups excluding carboxylic acids is 2. The topological polar surface area (TPSA) is 142 Å². The molecule has 0 aromatic carbocycles. The molecule has 2 atom stereocenters. The number of hydrogen-bond donors (Lipinski definition) is 5. The van der Waals surface area contributed by atoms with Gasteiger partial charge in [-0.05, 0) is 51.4 Å². The molecule has 0 saturated heterocycles. The van der Waals surface area contributed by atoms with Gasteiger partial charge in [-0.25, -0.2) is 4.98 Å². The molecule has 0 aliphatic heterocycles. The van der Waals surface area contributed by atoms with E-state index in [0.717, 1.165) is 44.9 Å². The van der Waals surface area contributed by atoms with Crippen molar-refractivity contribution in [2.24, 2.45) is 11.7 Å². The van der Waals surface area contributed by atoms with Crippen molar-refractivity contribution in [2.75, 3.05) is 17.7 Å². The number of rotatable bonds is 6. The van der Waals surface area contributed by atoms with Crippen molar-refractivity contribution in [1.29, 1.82) is 0 Å². The summed E-state index contributed by atoms with van der Waals surface area (Å²) in [5.74, 6) is 0.421. The van der Waals surface area contributed by atoms with Crippen LogP contribution >= 0.6 is 0 Å².